The van der Waals surface area contributed by atoms with Crippen LogP contribution in [0.15, 0.2) is 11.8 Å². The fourth-order valence-electron chi connectivity index (χ4n) is 1.29. The van der Waals surface area contributed by atoms with Crippen molar-refractivity contribution in [1.82, 2.24) is 5.32 Å². The van der Waals surface area contributed by atoms with Crippen molar-refractivity contribution >= 4 is 7.12 Å². The standard InChI is InChI=1S/C10H20BNO2/c1-6-8(2)12-7-11-13-9(3)10(4,5)14-11/h6,9,12H,7H2,1-5H3. The van der Waals surface area contributed by atoms with Crippen molar-refractivity contribution in [1.29, 1.82) is 0 Å². The van der Waals surface area contributed by atoms with E-state index in [2.05, 4.69) is 19.2 Å². The van der Waals surface area contributed by atoms with Crippen molar-refractivity contribution in [2.75, 3.05) is 6.44 Å². The van der Waals surface area contributed by atoms with Crippen LogP contribution in [0.3, 0.4) is 0 Å². The fraction of sp³-hybridized carbons (Fsp3) is 0.800. The van der Waals surface area contributed by atoms with Gasteiger partial charge in [-0.1, -0.05) is 6.08 Å². The van der Waals surface area contributed by atoms with Crippen LogP contribution in [0.2, 0.25) is 0 Å². The Morgan fingerprint density at radius 2 is 2.21 bits per heavy atom. The summed E-state index contributed by atoms with van der Waals surface area (Å²) in [7, 11) is -0.130. The molecule has 14 heavy (non-hydrogen) atoms. The number of allylic oxidation sites excluding steroid dienone is 2. The van der Waals surface area contributed by atoms with E-state index in [4.69, 9.17) is 9.31 Å². The van der Waals surface area contributed by atoms with Gasteiger partial charge in [0.1, 0.15) is 0 Å². The lowest BCUT2D eigenvalue weighted by atomic mass is 9.90. The lowest BCUT2D eigenvalue weighted by Crippen LogP contribution is -2.33. The summed E-state index contributed by atoms with van der Waals surface area (Å²) in [4.78, 5) is 0. The summed E-state index contributed by atoms with van der Waals surface area (Å²) in [6.07, 6.45) is 2.90. The van der Waals surface area contributed by atoms with Crippen molar-refractivity contribution in [2.45, 2.75) is 46.3 Å². The molecular weight excluding hydrogens is 177 g/mol. The van der Waals surface area contributed by atoms with E-state index in [1.165, 1.54) is 0 Å². The average molecular weight is 197 g/mol. The molecule has 1 heterocycles. The molecule has 0 aromatic heterocycles. The Bertz CT molecular complexity index is 228. The van der Waals surface area contributed by atoms with Gasteiger partial charge in [-0.25, -0.2) is 0 Å². The van der Waals surface area contributed by atoms with Crippen molar-refractivity contribution in [3.05, 3.63) is 11.8 Å². The molecule has 0 radical (unpaired) electrons. The van der Waals surface area contributed by atoms with Crippen LogP contribution in [-0.4, -0.2) is 25.3 Å². The topological polar surface area (TPSA) is 30.5 Å². The van der Waals surface area contributed by atoms with Crippen LogP contribution in [0, 0.1) is 0 Å². The first-order chi connectivity index (χ1) is 6.45. The van der Waals surface area contributed by atoms with Gasteiger partial charge in [-0.05, 0) is 34.6 Å². The van der Waals surface area contributed by atoms with E-state index in [1.54, 1.807) is 0 Å². The van der Waals surface area contributed by atoms with E-state index in [1.807, 2.05) is 26.8 Å². The quantitative estimate of drug-likeness (QED) is 0.699. The van der Waals surface area contributed by atoms with Crippen LogP contribution in [-0.2, 0) is 9.31 Å². The van der Waals surface area contributed by atoms with Gasteiger partial charge in [0, 0.05) is 12.1 Å². The van der Waals surface area contributed by atoms with E-state index in [9.17, 15) is 0 Å². The average Bonchev–Trinajstić information content (AvgIpc) is 2.37. The Labute approximate surface area is 87.0 Å². The fourth-order valence-corrected chi connectivity index (χ4v) is 1.29. The van der Waals surface area contributed by atoms with Crippen LogP contribution in [0.25, 0.3) is 0 Å². The molecular formula is C10H20BNO2. The van der Waals surface area contributed by atoms with Gasteiger partial charge in [-0.15, -0.1) is 0 Å². The second-order valence-corrected chi connectivity index (χ2v) is 4.28. The molecule has 0 saturated carbocycles. The van der Waals surface area contributed by atoms with Gasteiger partial charge in [-0.3, -0.25) is 0 Å². The lowest BCUT2D eigenvalue weighted by Gasteiger charge is -2.21. The summed E-state index contributed by atoms with van der Waals surface area (Å²) in [5.41, 5.74) is 0.977. The molecule has 0 aromatic rings. The Morgan fingerprint density at radius 3 is 2.64 bits per heavy atom. The molecule has 0 amide bonds. The summed E-state index contributed by atoms with van der Waals surface area (Å²) < 4.78 is 11.4. The molecule has 1 aliphatic heterocycles. The molecule has 1 atom stereocenters. The molecule has 4 heteroatoms. The molecule has 80 valence electrons. The van der Waals surface area contributed by atoms with Gasteiger partial charge < -0.3 is 14.6 Å². The minimum atomic E-state index is -0.170. The zero-order chi connectivity index (χ0) is 10.8. The molecule has 0 aromatic carbocycles. The number of rotatable bonds is 3. The second kappa shape index (κ2) is 4.36. The Morgan fingerprint density at radius 1 is 1.57 bits per heavy atom. The molecule has 1 saturated heterocycles. The summed E-state index contributed by atoms with van der Waals surface area (Å²) in [5, 5.41) is 3.24. The SMILES string of the molecule is CC=C(C)NCB1OC(C)C(C)(C)O1. The highest BCUT2D eigenvalue weighted by Gasteiger charge is 2.42. The molecule has 0 aliphatic carbocycles. The zero-order valence-electron chi connectivity index (χ0n) is 9.76. The first-order valence-corrected chi connectivity index (χ1v) is 5.16. The normalized spacial score (nSPS) is 26.8. The van der Waals surface area contributed by atoms with E-state index in [0.29, 0.717) is 6.44 Å². The van der Waals surface area contributed by atoms with E-state index in [0.717, 1.165) is 5.70 Å². The van der Waals surface area contributed by atoms with Crippen molar-refractivity contribution in [3.8, 4) is 0 Å². The third kappa shape index (κ3) is 2.76. The number of hydrogen-bond donors (Lipinski definition) is 1. The predicted molar refractivity (Wildman–Crippen MR) is 58.9 cm³/mol. The maximum absolute atomic E-state index is 5.74. The predicted octanol–water partition coefficient (Wildman–Crippen LogP) is 1.74. The summed E-state index contributed by atoms with van der Waals surface area (Å²) >= 11 is 0. The second-order valence-electron chi connectivity index (χ2n) is 4.28. The molecule has 1 aliphatic rings. The minimum Gasteiger partial charge on any atom is -0.405 e. The highest BCUT2D eigenvalue weighted by Crippen LogP contribution is 2.26. The maximum Gasteiger partial charge on any atom is 0.478 e. The monoisotopic (exact) mass is 197 g/mol. The van der Waals surface area contributed by atoms with E-state index >= 15 is 0 Å². The molecule has 1 N–H and O–H groups in total. The van der Waals surface area contributed by atoms with Crippen LogP contribution in [0.5, 0.6) is 0 Å². The van der Waals surface area contributed by atoms with Crippen LogP contribution in [0.4, 0.5) is 0 Å². The third-order valence-corrected chi connectivity index (χ3v) is 2.75. The summed E-state index contributed by atoms with van der Waals surface area (Å²) in [6, 6.07) is 0. The Hall–Kier alpha value is -0.475. The van der Waals surface area contributed by atoms with Gasteiger partial charge >= 0.3 is 7.12 Å². The van der Waals surface area contributed by atoms with Gasteiger partial charge in [0.25, 0.3) is 0 Å². The molecule has 3 nitrogen and oxygen atoms in total. The minimum absolute atomic E-state index is 0.130. The molecule has 1 unspecified atom stereocenters. The van der Waals surface area contributed by atoms with Crippen LogP contribution >= 0.6 is 0 Å². The van der Waals surface area contributed by atoms with E-state index in [-0.39, 0.29) is 18.8 Å². The van der Waals surface area contributed by atoms with Crippen LogP contribution < -0.4 is 5.32 Å². The van der Waals surface area contributed by atoms with Gasteiger partial charge in [0.05, 0.1) is 11.7 Å². The van der Waals surface area contributed by atoms with E-state index < -0.39 is 0 Å². The van der Waals surface area contributed by atoms with Gasteiger partial charge in [-0.2, -0.15) is 0 Å². The van der Waals surface area contributed by atoms with Crippen molar-refractivity contribution in [2.24, 2.45) is 0 Å². The Kier molecular flexibility index (Phi) is 3.62. The number of hydrogen-bond acceptors (Lipinski definition) is 3. The highest BCUT2D eigenvalue weighted by molar-refractivity contribution is 6.45. The smallest absolute Gasteiger partial charge is 0.405 e. The third-order valence-electron chi connectivity index (χ3n) is 2.75. The Balaban J connectivity index is 2.36. The molecule has 0 spiro atoms. The molecule has 1 fully saturated rings. The summed E-state index contributed by atoms with van der Waals surface area (Å²) in [5.74, 6) is 0. The molecule has 0 bridgehead atoms. The lowest BCUT2D eigenvalue weighted by molar-refractivity contribution is 0.0839. The number of nitrogens with one attached hydrogen (secondary N) is 1. The van der Waals surface area contributed by atoms with Gasteiger partial charge in [0.2, 0.25) is 0 Å². The van der Waals surface area contributed by atoms with Crippen LogP contribution in [0.1, 0.15) is 34.6 Å². The zero-order valence-corrected chi connectivity index (χ0v) is 9.76. The van der Waals surface area contributed by atoms with Gasteiger partial charge in [0.15, 0.2) is 0 Å². The van der Waals surface area contributed by atoms with Crippen molar-refractivity contribution in [3.63, 3.8) is 0 Å². The highest BCUT2D eigenvalue weighted by atomic mass is 16.7. The maximum atomic E-state index is 5.74. The first kappa shape index (κ1) is 11.6. The largest absolute Gasteiger partial charge is 0.478 e. The van der Waals surface area contributed by atoms with Crippen molar-refractivity contribution < 1.29 is 9.31 Å². The first-order valence-electron chi connectivity index (χ1n) is 5.16. The summed E-state index contributed by atoms with van der Waals surface area (Å²) in [6.45, 7) is 10.2. The molecule has 1 rings (SSSR count).